The number of carbonyl (C=O) groups is 1. The summed E-state index contributed by atoms with van der Waals surface area (Å²) in [5.41, 5.74) is -0.146. The van der Waals surface area contributed by atoms with Gasteiger partial charge in [0.2, 0.25) is 0 Å². The van der Waals surface area contributed by atoms with E-state index in [1.165, 1.54) is 19.3 Å². The summed E-state index contributed by atoms with van der Waals surface area (Å²) in [5.74, 6) is 0.572. The highest BCUT2D eigenvalue weighted by atomic mass is 16.3. The Morgan fingerprint density at radius 3 is 2.91 bits per heavy atom. The summed E-state index contributed by atoms with van der Waals surface area (Å²) in [5, 5.41) is 10.9. The number of amides is 1. The molecule has 1 aromatic heterocycles. The summed E-state index contributed by atoms with van der Waals surface area (Å²) in [6, 6.07) is 3.92. The van der Waals surface area contributed by atoms with Crippen LogP contribution in [0.4, 0.5) is 0 Å². The number of piperidine rings is 1. The number of likely N-dealkylation sites (tertiary alicyclic amines) is 1. The van der Waals surface area contributed by atoms with Gasteiger partial charge < -0.3 is 10.0 Å². The predicted molar refractivity (Wildman–Crippen MR) is 88.7 cm³/mol. The smallest absolute Gasteiger partial charge is 0.255 e. The van der Waals surface area contributed by atoms with Crippen LogP contribution in [0.2, 0.25) is 0 Å². The van der Waals surface area contributed by atoms with Crippen LogP contribution < -0.4 is 0 Å². The third-order valence-corrected chi connectivity index (χ3v) is 5.11. The monoisotopic (exact) mass is 317 g/mol. The maximum Gasteiger partial charge on any atom is 0.255 e. The van der Waals surface area contributed by atoms with E-state index in [2.05, 4.69) is 4.98 Å². The zero-order valence-electron chi connectivity index (χ0n) is 13.9. The lowest BCUT2D eigenvalue weighted by Gasteiger charge is -2.42. The second-order valence-electron chi connectivity index (χ2n) is 7.22. The van der Waals surface area contributed by atoms with Gasteiger partial charge in [0.25, 0.3) is 5.91 Å². The zero-order chi connectivity index (χ0) is 16.3. The maximum absolute atomic E-state index is 12.7. The van der Waals surface area contributed by atoms with E-state index in [1.807, 2.05) is 35.2 Å². The van der Waals surface area contributed by atoms with Crippen LogP contribution >= 0.6 is 0 Å². The molecule has 126 valence electrons. The lowest BCUT2D eigenvalue weighted by atomic mass is 9.83. The number of aliphatic hydroxyl groups is 1. The molecule has 0 spiro atoms. The lowest BCUT2D eigenvalue weighted by molar-refractivity contribution is -0.160. The fourth-order valence-corrected chi connectivity index (χ4v) is 3.68. The van der Waals surface area contributed by atoms with E-state index >= 15 is 0 Å². The highest BCUT2D eigenvalue weighted by Crippen LogP contribution is 2.30. The molecule has 1 atom stereocenters. The van der Waals surface area contributed by atoms with Crippen LogP contribution in [-0.4, -0.2) is 58.1 Å². The summed E-state index contributed by atoms with van der Waals surface area (Å²) in [6.45, 7) is 2.69. The molecule has 3 rings (SSSR count). The first-order valence-corrected chi connectivity index (χ1v) is 8.66. The van der Waals surface area contributed by atoms with Crippen LogP contribution in [0.5, 0.6) is 0 Å². The first-order chi connectivity index (χ1) is 11.1. The Kier molecular flexibility index (Phi) is 4.97. The maximum atomic E-state index is 12.7. The van der Waals surface area contributed by atoms with Crippen molar-refractivity contribution in [2.24, 2.45) is 5.92 Å². The van der Waals surface area contributed by atoms with Crippen molar-refractivity contribution >= 4 is 5.91 Å². The number of hydrogen-bond donors (Lipinski definition) is 1. The fourth-order valence-electron chi connectivity index (χ4n) is 3.68. The molecule has 1 N–H and O–H groups in total. The third kappa shape index (κ3) is 3.90. The van der Waals surface area contributed by atoms with Crippen molar-refractivity contribution < 1.29 is 9.90 Å². The molecule has 0 radical (unpaired) electrons. The molecule has 1 saturated heterocycles. The van der Waals surface area contributed by atoms with E-state index in [9.17, 15) is 9.90 Å². The Morgan fingerprint density at radius 2 is 2.26 bits per heavy atom. The number of rotatable bonds is 6. The van der Waals surface area contributed by atoms with Crippen molar-refractivity contribution in [1.29, 1.82) is 0 Å². The van der Waals surface area contributed by atoms with Crippen LogP contribution in [0.1, 0.15) is 37.7 Å². The SMILES string of the molecule is CN(Cc1cccnc1)CC1(O)CCCN(CC2CCC2)C1=O. The van der Waals surface area contributed by atoms with Gasteiger partial charge in [0.15, 0.2) is 5.60 Å². The molecule has 1 aliphatic carbocycles. The van der Waals surface area contributed by atoms with Gasteiger partial charge in [-0.05, 0) is 50.3 Å². The van der Waals surface area contributed by atoms with Gasteiger partial charge in [0.1, 0.15) is 0 Å². The predicted octanol–water partition coefficient (Wildman–Crippen LogP) is 1.67. The molecular formula is C18H27N3O2. The van der Waals surface area contributed by atoms with Gasteiger partial charge in [-0.2, -0.15) is 0 Å². The highest BCUT2D eigenvalue weighted by molar-refractivity contribution is 5.86. The van der Waals surface area contributed by atoms with Crippen LogP contribution in [0.3, 0.4) is 0 Å². The van der Waals surface area contributed by atoms with E-state index in [-0.39, 0.29) is 5.91 Å². The molecule has 2 heterocycles. The average molecular weight is 317 g/mol. The third-order valence-electron chi connectivity index (χ3n) is 5.11. The molecule has 1 saturated carbocycles. The van der Waals surface area contributed by atoms with Gasteiger partial charge in [-0.25, -0.2) is 0 Å². The fraction of sp³-hybridized carbons (Fsp3) is 0.667. The number of hydrogen-bond acceptors (Lipinski definition) is 4. The average Bonchev–Trinajstić information content (AvgIpc) is 2.48. The lowest BCUT2D eigenvalue weighted by Crippen LogP contribution is -2.59. The van der Waals surface area contributed by atoms with Gasteiger partial charge in [-0.15, -0.1) is 0 Å². The molecule has 5 nitrogen and oxygen atoms in total. The van der Waals surface area contributed by atoms with Gasteiger partial charge in [0.05, 0.1) is 0 Å². The number of nitrogens with zero attached hydrogens (tertiary/aromatic N) is 3. The van der Waals surface area contributed by atoms with E-state index in [1.54, 1.807) is 6.20 Å². The Hall–Kier alpha value is -1.46. The number of likely N-dealkylation sites (N-methyl/N-ethyl adjacent to an activating group) is 1. The van der Waals surface area contributed by atoms with E-state index in [4.69, 9.17) is 0 Å². The summed E-state index contributed by atoms with van der Waals surface area (Å²) >= 11 is 0. The van der Waals surface area contributed by atoms with Gasteiger partial charge in [-0.3, -0.25) is 14.7 Å². The molecule has 5 heteroatoms. The number of pyridine rings is 1. The summed E-state index contributed by atoms with van der Waals surface area (Å²) in [7, 11) is 1.95. The van der Waals surface area contributed by atoms with Crippen molar-refractivity contribution in [3.8, 4) is 0 Å². The first kappa shape index (κ1) is 16.4. The Labute approximate surface area is 138 Å². The van der Waals surface area contributed by atoms with Crippen LogP contribution in [0, 0.1) is 5.92 Å². The molecule has 23 heavy (non-hydrogen) atoms. The van der Waals surface area contributed by atoms with Gasteiger partial charge in [0, 0.05) is 38.6 Å². The van der Waals surface area contributed by atoms with Crippen molar-refractivity contribution in [3.63, 3.8) is 0 Å². The van der Waals surface area contributed by atoms with Crippen LogP contribution in [0.15, 0.2) is 24.5 Å². The molecule has 0 aromatic carbocycles. The molecular weight excluding hydrogens is 290 g/mol. The summed E-state index contributed by atoms with van der Waals surface area (Å²) < 4.78 is 0. The van der Waals surface area contributed by atoms with Crippen LogP contribution in [0.25, 0.3) is 0 Å². The Bertz CT molecular complexity index is 532. The van der Waals surface area contributed by atoms with Gasteiger partial charge >= 0.3 is 0 Å². The van der Waals surface area contributed by atoms with Crippen LogP contribution in [-0.2, 0) is 11.3 Å². The Balaban J connectivity index is 1.59. The van der Waals surface area contributed by atoms with Crippen molar-refractivity contribution in [2.75, 3.05) is 26.7 Å². The standard InChI is InChI=1S/C18H27N3O2/c1-20(12-16-7-3-9-19-11-16)14-18(23)8-4-10-21(17(18)22)13-15-5-2-6-15/h3,7,9,11,15,23H,2,4-6,8,10,12-14H2,1H3. The van der Waals surface area contributed by atoms with Crippen molar-refractivity contribution in [3.05, 3.63) is 30.1 Å². The Morgan fingerprint density at radius 1 is 1.43 bits per heavy atom. The highest BCUT2D eigenvalue weighted by Gasteiger charge is 2.43. The molecule has 0 bridgehead atoms. The number of carbonyl (C=O) groups excluding carboxylic acids is 1. The minimum Gasteiger partial charge on any atom is -0.379 e. The number of aromatic nitrogens is 1. The first-order valence-electron chi connectivity index (χ1n) is 8.66. The molecule has 2 fully saturated rings. The molecule has 1 unspecified atom stereocenters. The van der Waals surface area contributed by atoms with E-state index in [0.717, 1.165) is 25.1 Å². The largest absolute Gasteiger partial charge is 0.379 e. The summed E-state index contributed by atoms with van der Waals surface area (Å²) in [4.78, 5) is 20.8. The normalized spacial score (nSPS) is 25.7. The topological polar surface area (TPSA) is 56.7 Å². The van der Waals surface area contributed by atoms with E-state index in [0.29, 0.717) is 25.4 Å². The molecule has 1 aliphatic heterocycles. The molecule has 1 aromatic rings. The quantitative estimate of drug-likeness (QED) is 0.867. The zero-order valence-corrected chi connectivity index (χ0v) is 13.9. The molecule has 1 amide bonds. The van der Waals surface area contributed by atoms with E-state index < -0.39 is 5.60 Å². The van der Waals surface area contributed by atoms with Crippen molar-refractivity contribution in [2.45, 2.75) is 44.2 Å². The van der Waals surface area contributed by atoms with Crippen molar-refractivity contribution in [1.82, 2.24) is 14.8 Å². The molecule has 2 aliphatic rings. The van der Waals surface area contributed by atoms with Gasteiger partial charge in [-0.1, -0.05) is 12.5 Å². The minimum atomic E-state index is -1.24. The second kappa shape index (κ2) is 6.97. The summed E-state index contributed by atoms with van der Waals surface area (Å²) in [6.07, 6.45) is 8.75. The minimum absolute atomic E-state index is 0.0753. The second-order valence-corrected chi connectivity index (χ2v) is 7.22.